The third-order valence-electron chi connectivity index (χ3n) is 2.77. The van der Waals surface area contributed by atoms with E-state index in [4.69, 9.17) is 10.5 Å². The number of carbonyl (C=O) groups is 1. The van der Waals surface area contributed by atoms with E-state index in [1.54, 1.807) is 7.11 Å². The Morgan fingerprint density at radius 2 is 2.27 bits per heavy atom. The maximum Gasteiger partial charge on any atom is 0.223 e. The van der Waals surface area contributed by atoms with Crippen LogP contribution in [0.4, 0.5) is 0 Å². The van der Waals surface area contributed by atoms with Crippen LogP contribution in [0.1, 0.15) is 26.2 Å². The quantitative estimate of drug-likeness (QED) is 0.675. The van der Waals surface area contributed by atoms with Crippen LogP contribution >= 0.6 is 0 Å². The van der Waals surface area contributed by atoms with Crippen molar-refractivity contribution in [2.75, 3.05) is 26.8 Å². The van der Waals surface area contributed by atoms with E-state index < -0.39 is 0 Å². The second-order valence-electron chi connectivity index (χ2n) is 4.36. The number of hydrogen-bond acceptors (Lipinski definition) is 3. The third-order valence-corrected chi connectivity index (χ3v) is 2.77. The van der Waals surface area contributed by atoms with Gasteiger partial charge in [0, 0.05) is 26.1 Å². The summed E-state index contributed by atoms with van der Waals surface area (Å²) in [6.07, 6.45) is 2.86. The van der Waals surface area contributed by atoms with Crippen LogP contribution in [0.5, 0.6) is 0 Å². The SMILES string of the molecule is COCCN(C(=O)CC(C)CN)C1CC1. The lowest BCUT2D eigenvalue weighted by atomic mass is 10.1. The Morgan fingerprint density at radius 1 is 1.60 bits per heavy atom. The zero-order chi connectivity index (χ0) is 11.3. The van der Waals surface area contributed by atoms with Crippen molar-refractivity contribution in [1.29, 1.82) is 0 Å². The first-order valence-corrected chi connectivity index (χ1v) is 5.67. The van der Waals surface area contributed by atoms with Crippen LogP contribution in [0, 0.1) is 5.92 Å². The number of ether oxygens (including phenoxy) is 1. The average molecular weight is 214 g/mol. The van der Waals surface area contributed by atoms with E-state index in [-0.39, 0.29) is 11.8 Å². The Balaban J connectivity index is 2.36. The highest BCUT2D eigenvalue weighted by molar-refractivity contribution is 5.77. The molecular formula is C11H22N2O2. The molecule has 1 atom stereocenters. The Bertz CT molecular complexity index is 205. The molecule has 1 unspecified atom stereocenters. The first-order valence-electron chi connectivity index (χ1n) is 5.67. The number of nitrogens with two attached hydrogens (primary N) is 1. The van der Waals surface area contributed by atoms with Crippen molar-refractivity contribution in [2.24, 2.45) is 11.7 Å². The maximum absolute atomic E-state index is 11.9. The Hall–Kier alpha value is -0.610. The third kappa shape index (κ3) is 4.18. The number of carbonyl (C=O) groups excluding carboxylic acids is 1. The molecule has 2 N–H and O–H groups in total. The van der Waals surface area contributed by atoms with Gasteiger partial charge in [-0.1, -0.05) is 6.92 Å². The second-order valence-corrected chi connectivity index (χ2v) is 4.36. The molecular weight excluding hydrogens is 192 g/mol. The monoisotopic (exact) mass is 214 g/mol. The van der Waals surface area contributed by atoms with Crippen molar-refractivity contribution in [3.8, 4) is 0 Å². The Morgan fingerprint density at radius 3 is 2.73 bits per heavy atom. The van der Waals surface area contributed by atoms with Gasteiger partial charge < -0.3 is 15.4 Å². The van der Waals surface area contributed by atoms with Crippen LogP contribution in [-0.2, 0) is 9.53 Å². The molecule has 4 nitrogen and oxygen atoms in total. The molecule has 1 saturated carbocycles. The zero-order valence-electron chi connectivity index (χ0n) is 9.74. The zero-order valence-corrected chi connectivity index (χ0v) is 9.74. The summed E-state index contributed by atoms with van der Waals surface area (Å²) in [6, 6.07) is 0.470. The van der Waals surface area contributed by atoms with Crippen LogP contribution in [0.3, 0.4) is 0 Å². The van der Waals surface area contributed by atoms with Crippen LogP contribution in [0.2, 0.25) is 0 Å². The number of amides is 1. The Kier molecular flexibility index (Phi) is 5.05. The highest BCUT2D eigenvalue weighted by atomic mass is 16.5. The molecule has 0 spiro atoms. The molecule has 0 radical (unpaired) electrons. The van der Waals surface area contributed by atoms with Crippen molar-refractivity contribution in [2.45, 2.75) is 32.2 Å². The molecule has 0 aromatic heterocycles. The number of rotatable bonds is 7. The lowest BCUT2D eigenvalue weighted by Gasteiger charge is -2.23. The van der Waals surface area contributed by atoms with Crippen LogP contribution in [0.15, 0.2) is 0 Å². The van der Waals surface area contributed by atoms with Gasteiger partial charge in [-0.2, -0.15) is 0 Å². The molecule has 0 aliphatic heterocycles. The molecule has 88 valence electrons. The molecule has 1 fully saturated rings. The topological polar surface area (TPSA) is 55.6 Å². The van der Waals surface area contributed by atoms with Crippen molar-refractivity contribution in [3.63, 3.8) is 0 Å². The van der Waals surface area contributed by atoms with E-state index in [0.717, 1.165) is 19.4 Å². The molecule has 0 bridgehead atoms. The van der Waals surface area contributed by atoms with Gasteiger partial charge in [0.25, 0.3) is 0 Å². The van der Waals surface area contributed by atoms with E-state index in [2.05, 4.69) is 0 Å². The first kappa shape index (κ1) is 12.5. The lowest BCUT2D eigenvalue weighted by Crippen LogP contribution is -2.37. The molecule has 1 rings (SSSR count). The molecule has 15 heavy (non-hydrogen) atoms. The predicted molar refractivity (Wildman–Crippen MR) is 59.4 cm³/mol. The minimum atomic E-state index is 0.229. The van der Waals surface area contributed by atoms with Crippen molar-refractivity contribution in [1.82, 2.24) is 4.90 Å². The number of nitrogens with zero attached hydrogens (tertiary/aromatic N) is 1. The van der Waals surface area contributed by atoms with Gasteiger partial charge in [-0.25, -0.2) is 0 Å². The van der Waals surface area contributed by atoms with E-state index in [1.165, 1.54) is 0 Å². The van der Waals surface area contributed by atoms with Gasteiger partial charge in [-0.15, -0.1) is 0 Å². The fraction of sp³-hybridized carbons (Fsp3) is 0.909. The molecule has 1 amide bonds. The highest BCUT2D eigenvalue weighted by Gasteiger charge is 2.32. The van der Waals surface area contributed by atoms with Crippen LogP contribution < -0.4 is 5.73 Å². The van der Waals surface area contributed by atoms with Gasteiger partial charge in [0.05, 0.1) is 6.61 Å². The lowest BCUT2D eigenvalue weighted by molar-refractivity contribution is -0.133. The minimum Gasteiger partial charge on any atom is -0.383 e. The second kappa shape index (κ2) is 6.08. The molecule has 4 heteroatoms. The summed E-state index contributed by atoms with van der Waals surface area (Å²) in [4.78, 5) is 13.9. The van der Waals surface area contributed by atoms with E-state index in [0.29, 0.717) is 25.6 Å². The highest BCUT2D eigenvalue weighted by Crippen LogP contribution is 2.27. The van der Waals surface area contributed by atoms with Crippen LogP contribution in [-0.4, -0.2) is 43.7 Å². The van der Waals surface area contributed by atoms with E-state index in [1.807, 2.05) is 11.8 Å². The molecule has 1 aliphatic carbocycles. The minimum absolute atomic E-state index is 0.229. The standard InChI is InChI=1S/C11H22N2O2/c1-9(8-12)7-11(14)13(5-6-15-2)10-3-4-10/h9-10H,3-8,12H2,1-2H3. The fourth-order valence-electron chi connectivity index (χ4n) is 1.59. The summed E-state index contributed by atoms with van der Waals surface area (Å²) in [5, 5.41) is 0. The van der Waals surface area contributed by atoms with Crippen molar-refractivity contribution >= 4 is 5.91 Å². The smallest absolute Gasteiger partial charge is 0.223 e. The predicted octanol–water partition coefficient (Wildman–Crippen LogP) is 0.609. The fourth-order valence-corrected chi connectivity index (χ4v) is 1.59. The summed E-state index contributed by atoms with van der Waals surface area (Å²) >= 11 is 0. The summed E-state index contributed by atoms with van der Waals surface area (Å²) in [5.41, 5.74) is 5.52. The largest absolute Gasteiger partial charge is 0.383 e. The summed E-state index contributed by atoms with van der Waals surface area (Å²) in [7, 11) is 1.66. The number of hydrogen-bond donors (Lipinski definition) is 1. The first-order chi connectivity index (χ1) is 7.19. The van der Waals surface area contributed by atoms with Gasteiger partial charge >= 0.3 is 0 Å². The average Bonchev–Trinajstić information content (AvgIpc) is 3.02. The van der Waals surface area contributed by atoms with Gasteiger partial charge in [-0.05, 0) is 25.3 Å². The summed E-state index contributed by atoms with van der Waals surface area (Å²) in [5.74, 6) is 0.508. The van der Waals surface area contributed by atoms with Crippen molar-refractivity contribution < 1.29 is 9.53 Å². The molecule has 1 aliphatic rings. The summed E-state index contributed by atoms with van der Waals surface area (Å²) < 4.78 is 5.01. The maximum atomic E-state index is 11.9. The Labute approximate surface area is 91.8 Å². The van der Waals surface area contributed by atoms with E-state index >= 15 is 0 Å². The van der Waals surface area contributed by atoms with Gasteiger partial charge in [-0.3, -0.25) is 4.79 Å². The van der Waals surface area contributed by atoms with Gasteiger partial charge in [0.1, 0.15) is 0 Å². The number of methoxy groups -OCH3 is 1. The summed E-state index contributed by atoms with van der Waals surface area (Å²) in [6.45, 7) is 3.93. The molecule has 0 saturated heterocycles. The van der Waals surface area contributed by atoms with Crippen molar-refractivity contribution in [3.05, 3.63) is 0 Å². The van der Waals surface area contributed by atoms with Crippen LogP contribution in [0.25, 0.3) is 0 Å². The normalized spacial score (nSPS) is 17.5. The molecule has 0 aromatic carbocycles. The van der Waals surface area contributed by atoms with Gasteiger partial charge in [0.2, 0.25) is 5.91 Å². The van der Waals surface area contributed by atoms with Gasteiger partial charge in [0.15, 0.2) is 0 Å². The van der Waals surface area contributed by atoms with E-state index in [9.17, 15) is 4.79 Å². The molecule has 0 aromatic rings. The molecule has 0 heterocycles.